The number of hydrogen-bond donors (Lipinski definition) is 1. The Morgan fingerprint density at radius 1 is 0.952 bits per heavy atom. The molecule has 1 aromatic carbocycles. The van der Waals surface area contributed by atoms with Crippen molar-refractivity contribution in [1.29, 1.82) is 0 Å². The van der Waals surface area contributed by atoms with Gasteiger partial charge >= 0.3 is 0 Å². The van der Waals surface area contributed by atoms with Crippen molar-refractivity contribution in [3.8, 4) is 0 Å². The third-order valence-corrected chi connectivity index (χ3v) is 5.51. The van der Waals surface area contributed by atoms with Gasteiger partial charge in [-0.3, -0.25) is 0 Å². The van der Waals surface area contributed by atoms with Gasteiger partial charge in [0.25, 0.3) is 0 Å². The molecule has 1 aromatic rings. The zero-order chi connectivity index (χ0) is 14.5. The number of benzene rings is 1. The van der Waals surface area contributed by atoms with Gasteiger partial charge in [0.15, 0.2) is 0 Å². The number of ether oxygens (including phenoxy) is 1. The van der Waals surface area contributed by atoms with E-state index < -0.39 is 0 Å². The summed E-state index contributed by atoms with van der Waals surface area (Å²) in [6, 6.07) is 8.91. The summed E-state index contributed by atoms with van der Waals surface area (Å²) in [4.78, 5) is 0. The van der Waals surface area contributed by atoms with Gasteiger partial charge in [-0.05, 0) is 61.6 Å². The SMILES string of the molecule is NCC1CCCCC1COCC1CCCc2ccccc21. The molecule has 1 fully saturated rings. The van der Waals surface area contributed by atoms with Crippen LogP contribution in [0.1, 0.15) is 55.6 Å². The van der Waals surface area contributed by atoms with Gasteiger partial charge in [0.05, 0.1) is 6.61 Å². The van der Waals surface area contributed by atoms with E-state index in [0.29, 0.717) is 17.8 Å². The second-order valence-corrected chi connectivity index (χ2v) is 6.87. The van der Waals surface area contributed by atoms with Crippen LogP contribution in [-0.2, 0) is 11.2 Å². The quantitative estimate of drug-likeness (QED) is 0.891. The van der Waals surface area contributed by atoms with Crippen LogP contribution in [0.5, 0.6) is 0 Å². The molecule has 0 radical (unpaired) electrons. The van der Waals surface area contributed by atoms with Crippen LogP contribution >= 0.6 is 0 Å². The molecule has 2 heteroatoms. The van der Waals surface area contributed by atoms with E-state index in [1.54, 1.807) is 0 Å². The van der Waals surface area contributed by atoms with Crippen molar-refractivity contribution in [3.63, 3.8) is 0 Å². The van der Waals surface area contributed by atoms with Crippen molar-refractivity contribution in [3.05, 3.63) is 35.4 Å². The van der Waals surface area contributed by atoms with E-state index >= 15 is 0 Å². The normalized spacial score (nSPS) is 29.1. The Balaban J connectivity index is 1.52. The minimum Gasteiger partial charge on any atom is -0.381 e. The van der Waals surface area contributed by atoms with Gasteiger partial charge in [0.1, 0.15) is 0 Å². The molecule has 2 aliphatic carbocycles. The highest BCUT2D eigenvalue weighted by atomic mass is 16.5. The van der Waals surface area contributed by atoms with Crippen LogP contribution in [0.4, 0.5) is 0 Å². The summed E-state index contributed by atoms with van der Waals surface area (Å²) in [6.45, 7) is 2.64. The number of aryl methyl sites for hydroxylation is 1. The Morgan fingerprint density at radius 2 is 1.76 bits per heavy atom. The summed E-state index contributed by atoms with van der Waals surface area (Å²) in [5, 5.41) is 0. The molecule has 3 rings (SSSR count). The Labute approximate surface area is 129 Å². The van der Waals surface area contributed by atoms with Crippen LogP contribution in [-0.4, -0.2) is 19.8 Å². The smallest absolute Gasteiger partial charge is 0.0534 e. The third kappa shape index (κ3) is 3.67. The van der Waals surface area contributed by atoms with Gasteiger partial charge < -0.3 is 10.5 Å². The number of nitrogens with two attached hydrogens (primary N) is 1. The average molecular weight is 287 g/mol. The summed E-state index contributed by atoms with van der Waals surface area (Å²) in [6.07, 6.45) is 9.15. The molecule has 0 saturated heterocycles. The maximum atomic E-state index is 6.15. The summed E-state index contributed by atoms with van der Waals surface area (Å²) >= 11 is 0. The van der Waals surface area contributed by atoms with E-state index in [1.165, 1.54) is 56.1 Å². The largest absolute Gasteiger partial charge is 0.381 e. The first-order valence-electron chi connectivity index (χ1n) is 8.74. The summed E-state index contributed by atoms with van der Waals surface area (Å²) < 4.78 is 6.15. The molecule has 3 atom stereocenters. The second kappa shape index (κ2) is 7.42. The Hall–Kier alpha value is -0.860. The van der Waals surface area contributed by atoms with Crippen molar-refractivity contribution in [2.45, 2.75) is 50.9 Å². The highest BCUT2D eigenvalue weighted by Crippen LogP contribution is 2.33. The van der Waals surface area contributed by atoms with Gasteiger partial charge in [-0.25, -0.2) is 0 Å². The van der Waals surface area contributed by atoms with E-state index in [0.717, 1.165) is 19.8 Å². The monoisotopic (exact) mass is 287 g/mol. The molecule has 0 aliphatic heterocycles. The first-order valence-corrected chi connectivity index (χ1v) is 8.74. The lowest BCUT2D eigenvalue weighted by Gasteiger charge is -2.31. The van der Waals surface area contributed by atoms with Crippen LogP contribution in [0.2, 0.25) is 0 Å². The molecule has 116 valence electrons. The highest BCUT2D eigenvalue weighted by molar-refractivity contribution is 5.32. The van der Waals surface area contributed by atoms with Gasteiger partial charge in [-0.15, -0.1) is 0 Å². The Kier molecular flexibility index (Phi) is 5.32. The molecular weight excluding hydrogens is 258 g/mol. The predicted octanol–water partition coefficient (Wildman–Crippen LogP) is 3.89. The molecule has 0 bridgehead atoms. The van der Waals surface area contributed by atoms with E-state index in [1.807, 2.05) is 0 Å². The first kappa shape index (κ1) is 15.1. The van der Waals surface area contributed by atoms with Crippen LogP contribution < -0.4 is 5.73 Å². The predicted molar refractivity (Wildman–Crippen MR) is 87.4 cm³/mol. The maximum absolute atomic E-state index is 6.15. The molecule has 0 aromatic heterocycles. The van der Waals surface area contributed by atoms with Gasteiger partial charge in [0.2, 0.25) is 0 Å². The molecule has 3 unspecified atom stereocenters. The zero-order valence-electron chi connectivity index (χ0n) is 13.1. The molecular formula is C19H29NO. The van der Waals surface area contributed by atoms with E-state index in [2.05, 4.69) is 24.3 Å². The van der Waals surface area contributed by atoms with Crippen molar-refractivity contribution in [2.24, 2.45) is 17.6 Å². The van der Waals surface area contributed by atoms with Crippen LogP contribution in [0.3, 0.4) is 0 Å². The van der Waals surface area contributed by atoms with E-state index in [4.69, 9.17) is 10.5 Å². The number of hydrogen-bond acceptors (Lipinski definition) is 2. The van der Waals surface area contributed by atoms with E-state index in [9.17, 15) is 0 Å². The van der Waals surface area contributed by atoms with Crippen LogP contribution in [0.15, 0.2) is 24.3 Å². The fourth-order valence-electron chi connectivity index (χ4n) is 4.20. The highest BCUT2D eigenvalue weighted by Gasteiger charge is 2.25. The third-order valence-electron chi connectivity index (χ3n) is 5.51. The summed E-state index contributed by atoms with van der Waals surface area (Å²) in [7, 11) is 0. The average Bonchev–Trinajstić information content (AvgIpc) is 2.55. The first-order chi connectivity index (χ1) is 10.4. The number of fused-ring (bicyclic) bond motifs is 1. The maximum Gasteiger partial charge on any atom is 0.0534 e. The van der Waals surface area contributed by atoms with Gasteiger partial charge in [-0.1, -0.05) is 37.1 Å². The minimum atomic E-state index is 0.606. The lowest BCUT2D eigenvalue weighted by atomic mass is 9.79. The standard InChI is InChI=1S/C19H29NO/c20-12-16-7-1-2-8-17(16)13-21-14-18-10-5-9-15-6-3-4-11-19(15)18/h3-4,6,11,16-18H,1-2,5,7-10,12-14,20H2. The summed E-state index contributed by atoms with van der Waals surface area (Å²) in [5.74, 6) is 2.00. The molecule has 2 N–H and O–H groups in total. The fraction of sp³-hybridized carbons (Fsp3) is 0.684. The molecule has 0 heterocycles. The lowest BCUT2D eigenvalue weighted by molar-refractivity contribution is 0.0507. The van der Waals surface area contributed by atoms with Crippen molar-refractivity contribution >= 4 is 0 Å². The molecule has 0 amide bonds. The van der Waals surface area contributed by atoms with Gasteiger partial charge in [-0.2, -0.15) is 0 Å². The topological polar surface area (TPSA) is 35.2 Å². The molecule has 2 aliphatic rings. The lowest BCUT2D eigenvalue weighted by Crippen LogP contribution is -2.30. The van der Waals surface area contributed by atoms with Crippen molar-refractivity contribution < 1.29 is 4.74 Å². The van der Waals surface area contributed by atoms with Crippen molar-refractivity contribution in [1.82, 2.24) is 0 Å². The van der Waals surface area contributed by atoms with Gasteiger partial charge in [0, 0.05) is 12.5 Å². The van der Waals surface area contributed by atoms with E-state index in [-0.39, 0.29) is 0 Å². The Bertz CT molecular complexity index is 445. The molecule has 2 nitrogen and oxygen atoms in total. The molecule has 0 spiro atoms. The Morgan fingerprint density at radius 3 is 2.62 bits per heavy atom. The van der Waals surface area contributed by atoms with Crippen LogP contribution in [0.25, 0.3) is 0 Å². The molecule has 21 heavy (non-hydrogen) atoms. The zero-order valence-corrected chi connectivity index (χ0v) is 13.1. The second-order valence-electron chi connectivity index (χ2n) is 6.87. The minimum absolute atomic E-state index is 0.606. The van der Waals surface area contributed by atoms with Crippen LogP contribution in [0, 0.1) is 11.8 Å². The van der Waals surface area contributed by atoms with Crippen molar-refractivity contribution in [2.75, 3.05) is 19.8 Å². The molecule has 1 saturated carbocycles. The fourth-order valence-corrected chi connectivity index (χ4v) is 4.20. The number of rotatable bonds is 5. The summed E-state index contributed by atoms with van der Waals surface area (Å²) in [5.41, 5.74) is 8.98.